The Kier molecular flexibility index (Phi) is 12.0. The van der Waals surface area contributed by atoms with Crippen LogP contribution in [0.25, 0.3) is 0 Å². The van der Waals surface area contributed by atoms with Crippen LogP contribution in [0.2, 0.25) is 10.0 Å². The topological polar surface area (TPSA) is 88.8 Å². The summed E-state index contributed by atoms with van der Waals surface area (Å²) in [7, 11) is 3.03. The van der Waals surface area contributed by atoms with Gasteiger partial charge in [-0.1, -0.05) is 29.3 Å². The second kappa shape index (κ2) is 15.4. The number of hydroxylamine groups is 1. The van der Waals surface area contributed by atoms with Gasteiger partial charge in [0.1, 0.15) is 30.3 Å². The predicted octanol–water partition coefficient (Wildman–Crippen LogP) is 7.58. The Bertz CT molecular complexity index is 1450. The van der Waals surface area contributed by atoms with Gasteiger partial charge in [-0.2, -0.15) is 18.7 Å². The molecule has 3 rings (SSSR count). The van der Waals surface area contributed by atoms with E-state index in [4.69, 9.17) is 37.5 Å². The van der Waals surface area contributed by atoms with Gasteiger partial charge in [-0.25, -0.2) is 15.0 Å². The standard InChI is InChI=1S/C29H30Cl2F3N5O3/c1-18-12-23(40-4)16-24(13-19(2)37-17-38-27(18)39-22-8-9-25(30)26(31)15-22)41-11-10-36-28(42-35-3)20-6-5-7-21(14-20)29(32,33)34/h5-9,12-15,17,35,39H,10-11,16H2,1-4H3/b23-12+,24-13+,27-18-,36-28?,37-19+,38-17-. The lowest BCUT2D eigenvalue weighted by Crippen LogP contribution is -2.18. The van der Waals surface area contributed by atoms with E-state index in [2.05, 4.69) is 25.8 Å². The fourth-order valence-corrected chi connectivity index (χ4v) is 3.93. The fourth-order valence-electron chi connectivity index (χ4n) is 3.63. The van der Waals surface area contributed by atoms with E-state index < -0.39 is 11.7 Å². The summed E-state index contributed by atoms with van der Waals surface area (Å²) in [5.41, 5.74) is 3.88. The number of nitrogens with zero attached hydrogens (tertiary/aromatic N) is 3. The number of hydrogen-bond acceptors (Lipinski definition) is 8. The van der Waals surface area contributed by atoms with Crippen molar-refractivity contribution in [2.75, 3.05) is 32.6 Å². The van der Waals surface area contributed by atoms with Crippen molar-refractivity contribution >= 4 is 46.8 Å². The van der Waals surface area contributed by atoms with Crippen molar-refractivity contribution in [2.45, 2.75) is 26.4 Å². The number of alkyl halides is 3. The smallest absolute Gasteiger partial charge is 0.416 e. The van der Waals surface area contributed by atoms with Gasteiger partial charge in [-0.3, -0.25) is 0 Å². The second-order valence-electron chi connectivity index (χ2n) is 8.82. The molecule has 2 aromatic rings. The highest BCUT2D eigenvalue weighted by Crippen LogP contribution is 2.30. The molecule has 2 aromatic carbocycles. The average Bonchev–Trinajstić information content (AvgIpc) is 2.96. The van der Waals surface area contributed by atoms with Gasteiger partial charge < -0.3 is 19.6 Å². The van der Waals surface area contributed by atoms with Gasteiger partial charge in [0, 0.05) is 24.0 Å². The maximum atomic E-state index is 13.2. The van der Waals surface area contributed by atoms with Gasteiger partial charge in [-0.15, -0.1) is 0 Å². The Labute approximate surface area is 252 Å². The molecule has 1 heterocycles. The number of rotatable bonds is 9. The highest BCUT2D eigenvalue weighted by atomic mass is 35.5. The van der Waals surface area contributed by atoms with E-state index in [9.17, 15) is 13.2 Å². The fraction of sp³-hybridized carbons (Fsp3) is 0.276. The molecule has 0 saturated carbocycles. The number of halogens is 5. The van der Waals surface area contributed by atoms with Crippen molar-refractivity contribution < 1.29 is 27.5 Å². The molecule has 0 aromatic heterocycles. The highest BCUT2D eigenvalue weighted by Gasteiger charge is 2.30. The lowest BCUT2D eigenvalue weighted by Gasteiger charge is -2.14. The Hall–Kier alpha value is -3.80. The predicted molar refractivity (Wildman–Crippen MR) is 161 cm³/mol. The molecule has 1 aliphatic rings. The first-order chi connectivity index (χ1) is 20.0. The molecule has 0 fully saturated rings. The molecule has 0 radical (unpaired) electrons. The summed E-state index contributed by atoms with van der Waals surface area (Å²) in [6.07, 6.45) is 0.777. The molecular formula is C29H30Cl2F3N5O3. The molecule has 42 heavy (non-hydrogen) atoms. The maximum absolute atomic E-state index is 13.2. The van der Waals surface area contributed by atoms with Crippen molar-refractivity contribution in [2.24, 2.45) is 15.0 Å². The monoisotopic (exact) mass is 623 g/mol. The number of allylic oxidation sites excluding steroid dienone is 3. The van der Waals surface area contributed by atoms with Crippen LogP contribution in [0.4, 0.5) is 18.9 Å². The third-order valence-corrected chi connectivity index (χ3v) is 6.37. The van der Waals surface area contributed by atoms with E-state index in [1.54, 1.807) is 38.3 Å². The summed E-state index contributed by atoms with van der Waals surface area (Å²) in [5.74, 6) is 1.64. The molecule has 0 aliphatic carbocycles. The number of hydrogen-bond donors (Lipinski definition) is 2. The third-order valence-electron chi connectivity index (χ3n) is 5.63. The van der Waals surface area contributed by atoms with Crippen molar-refractivity contribution in [1.82, 2.24) is 5.48 Å². The van der Waals surface area contributed by atoms with E-state index in [0.717, 1.165) is 17.7 Å². The molecule has 0 atom stereocenters. The van der Waals surface area contributed by atoms with Crippen molar-refractivity contribution in [3.05, 3.63) is 98.7 Å². The van der Waals surface area contributed by atoms with Crippen molar-refractivity contribution in [3.63, 3.8) is 0 Å². The Balaban J connectivity index is 1.78. The first kappa shape index (κ1) is 32.7. The van der Waals surface area contributed by atoms with E-state index in [0.29, 0.717) is 38.8 Å². The first-order valence-electron chi connectivity index (χ1n) is 12.6. The van der Waals surface area contributed by atoms with Crippen LogP contribution >= 0.6 is 23.2 Å². The van der Waals surface area contributed by atoms with Crippen LogP contribution in [0.1, 0.15) is 31.4 Å². The number of ether oxygens (including phenoxy) is 2. The molecular weight excluding hydrogens is 594 g/mol. The van der Waals surface area contributed by atoms with Crippen LogP contribution in [0.5, 0.6) is 0 Å². The minimum atomic E-state index is -4.49. The van der Waals surface area contributed by atoms with Gasteiger partial charge in [-0.05, 0) is 68.0 Å². The minimum Gasteiger partial charge on any atom is -0.501 e. The molecule has 1 aliphatic heterocycles. The Morgan fingerprint density at radius 3 is 2.52 bits per heavy atom. The summed E-state index contributed by atoms with van der Waals surface area (Å²) in [6, 6.07) is 9.88. The summed E-state index contributed by atoms with van der Waals surface area (Å²) >= 11 is 12.2. The normalized spacial score (nSPS) is 21.1. The summed E-state index contributed by atoms with van der Waals surface area (Å²) < 4.78 is 51.1. The van der Waals surface area contributed by atoms with Crippen LogP contribution in [-0.2, 0) is 20.5 Å². The summed E-state index contributed by atoms with van der Waals surface area (Å²) in [5, 5.41) is 4.06. The molecule has 0 spiro atoms. The van der Waals surface area contributed by atoms with Crippen LogP contribution in [0.3, 0.4) is 0 Å². The molecule has 224 valence electrons. The van der Waals surface area contributed by atoms with Gasteiger partial charge in [0.25, 0.3) is 0 Å². The molecule has 0 amide bonds. The van der Waals surface area contributed by atoms with Gasteiger partial charge in [0.15, 0.2) is 0 Å². The van der Waals surface area contributed by atoms with Crippen molar-refractivity contribution in [1.29, 1.82) is 0 Å². The molecule has 2 N–H and O–H groups in total. The summed E-state index contributed by atoms with van der Waals surface area (Å²) in [4.78, 5) is 18.4. The van der Waals surface area contributed by atoms with Gasteiger partial charge >= 0.3 is 6.18 Å². The van der Waals surface area contributed by atoms with Crippen LogP contribution < -0.4 is 10.8 Å². The minimum absolute atomic E-state index is 0.00202. The number of benzene rings is 2. The largest absolute Gasteiger partial charge is 0.501 e. The highest BCUT2D eigenvalue weighted by molar-refractivity contribution is 6.42. The van der Waals surface area contributed by atoms with Gasteiger partial charge in [0.2, 0.25) is 5.90 Å². The number of methoxy groups -OCH3 is 1. The zero-order chi connectivity index (χ0) is 30.7. The Morgan fingerprint density at radius 2 is 1.83 bits per heavy atom. The molecule has 8 nitrogen and oxygen atoms in total. The molecule has 0 unspecified atom stereocenters. The lowest BCUT2D eigenvalue weighted by atomic mass is 10.1. The molecule has 13 heteroatoms. The lowest BCUT2D eigenvalue weighted by molar-refractivity contribution is -0.137. The Morgan fingerprint density at radius 1 is 1.05 bits per heavy atom. The van der Waals surface area contributed by atoms with Gasteiger partial charge in [0.05, 0.1) is 35.7 Å². The zero-order valence-electron chi connectivity index (χ0n) is 23.4. The molecule has 0 bridgehead atoms. The van der Waals surface area contributed by atoms with E-state index in [1.807, 2.05) is 13.0 Å². The van der Waals surface area contributed by atoms with Crippen molar-refractivity contribution in [3.8, 4) is 0 Å². The van der Waals surface area contributed by atoms with E-state index >= 15 is 0 Å². The summed E-state index contributed by atoms with van der Waals surface area (Å²) in [6.45, 7) is 3.86. The zero-order valence-corrected chi connectivity index (χ0v) is 24.9. The van der Waals surface area contributed by atoms with Crippen LogP contribution in [-0.4, -0.2) is 45.3 Å². The van der Waals surface area contributed by atoms with E-state index in [1.165, 1.54) is 25.5 Å². The average molecular weight is 624 g/mol. The number of aliphatic imine (C=N–C) groups is 3. The number of anilines is 1. The van der Waals surface area contributed by atoms with E-state index in [-0.39, 0.29) is 31.0 Å². The van der Waals surface area contributed by atoms with Crippen LogP contribution in [0, 0.1) is 0 Å². The third kappa shape index (κ3) is 9.93. The SMILES string of the molecule is CNOC(=NCCO/C1=C/C(C)=N/C=N\C(Nc2ccc(Cl)c(Cl)c2)=C(C)\C=C(\OC)C1)c1cccc(C(F)(F)F)c1. The number of nitrogens with one attached hydrogen (secondary N) is 2. The maximum Gasteiger partial charge on any atom is 0.416 e. The van der Waals surface area contributed by atoms with Crippen LogP contribution in [0.15, 0.2) is 92.5 Å². The molecule has 0 saturated heterocycles. The first-order valence-corrected chi connectivity index (χ1v) is 13.4. The quantitative estimate of drug-likeness (QED) is 0.130. The second-order valence-corrected chi connectivity index (χ2v) is 9.64.